The second-order valence-electron chi connectivity index (χ2n) is 5.38. The number of imidazole rings is 1. The van der Waals surface area contributed by atoms with Crippen LogP contribution >= 0.6 is 11.3 Å². The van der Waals surface area contributed by atoms with Gasteiger partial charge in [0, 0.05) is 17.5 Å². The molecular weight excluding hydrogens is 308 g/mol. The maximum Gasteiger partial charge on any atom is 0.347 e. The Labute approximate surface area is 136 Å². The van der Waals surface area contributed by atoms with E-state index in [-0.39, 0.29) is 0 Å². The zero-order valence-corrected chi connectivity index (χ0v) is 13.3. The van der Waals surface area contributed by atoms with Gasteiger partial charge in [0.15, 0.2) is 4.96 Å². The van der Waals surface area contributed by atoms with E-state index in [1.165, 1.54) is 22.1 Å². The first kappa shape index (κ1) is 14.0. The summed E-state index contributed by atoms with van der Waals surface area (Å²) in [7, 11) is 0. The molecule has 4 rings (SSSR count). The highest BCUT2D eigenvalue weighted by atomic mass is 32.1. The Morgan fingerprint density at radius 2 is 2.00 bits per heavy atom. The summed E-state index contributed by atoms with van der Waals surface area (Å²) in [5.41, 5.74) is 2.71. The van der Waals surface area contributed by atoms with Crippen LogP contribution in [0.15, 0.2) is 48.7 Å². The third kappa shape index (κ3) is 2.21. The predicted octanol–water partition coefficient (Wildman–Crippen LogP) is 4.48. The van der Waals surface area contributed by atoms with E-state index in [0.29, 0.717) is 11.3 Å². The molecule has 4 aromatic rings. The zero-order chi connectivity index (χ0) is 16.0. The van der Waals surface area contributed by atoms with Crippen LogP contribution in [0.2, 0.25) is 0 Å². The minimum absolute atomic E-state index is 0.375. The molecule has 0 amide bonds. The lowest BCUT2D eigenvalue weighted by atomic mass is 10.1. The molecule has 2 aromatic heterocycles. The van der Waals surface area contributed by atoms with E-state index in [9.17, 15) is 9.90 Å². The fourth-order valence-electron chi connectivity index (χ4n) is 2.87. The molecule has 4 nitrogen and oxygen atoms in total. The van der Waals surface area contributed by atoms with Gasteiger partial charge in [0.2, 0.25) is 0 Å². The molecule has 1 N–H and O–H groups in total. The average molecular weight is 322 g/mol. The number of hydrogen-bond donors (Lipinski definition) is 1. The van der Waals surface area contributed by atoms with Gasteiger partial charge in [0.1, 0.15) is 4.88 Å². The number of aryl methyl sites for hydroxylation is 1. The Bertz CT molecular complexity index is 1050. The summed E-state index contributed by atoms with van der Waals surface area (Å²) in [6, 6.07) is 14.5. The summed E-state index contributed by atoms with van der Waals surface area (Å²) < 4.78 is 1.90. The van der Waals surface area contributed by atoms with Gasteiger partial charge >= 0.3 is 5.97 Å². The molecule has 0 unspecified atom stereocenters. The number of carbonyl (C=O) groups is 1. The highest BCUT2D eigenvalue weighted by molar-refractivity contribution is 7.19. The predicted molar refractivity (Wildman–Crippen MR) is 92.3 cm³/mol. The molecule has 0 spiro atoms. The lowest BCUT2D eigenvalue weighted by molar-refractivity contribution is 0.0700. The molecule has 0 saturated carbocycles. The second kappa shape index (κ2) is 5.21. The lowest BCUT2D eigenvalue weighted by Crippen LogP contribution is -1.99. The maximum atomic E-state index is 11.3. The third-order valence-electron chi connectivity index (χ3n) is 3.99. The van der Waals surface area contributed by atoms with E-state index in [4.69, 9.17) is 0 Å². The molecule has 2 aromatic carbocycles. The van der Waals surface area contributed by atoms with E-state index < -0.39 is 5.97 Å². The molecule has 0 radical (unpaired) electrons. The number of hydrogen-bond acceptors (Lipinski definition) is 3. The molecule has 5 heteroatoms. The highest BCUT2D eigenvalue weighted by Gasteiger charge is 2.18. The number of aromatic nitrogens is 2. The number of fused-ring (bicyclic) bond motifs is 2. The topological polar surface area (TPSA) is 54.6 Å². The molecular formula is C18H14N2O2S. The van der Waals surface area contributed by atoms with Crippen molar-refractivity contribution in [1.29, 1.82) is 0 Å². The third-order valence-corrected chi connectivity index (χ3v) is 5.08. The molecule has 114 valence electrons. The summed E-state index contributed by atoms with van der Waals surface area (Å²) in [6.45, 7) is 1.96. The minimum atomic E-state index is -0.885. The van der Waals surface area contributed by atoms with Gasteiger partial charge in [0.25, 0.3) is 0 Å². The monoisotopic (exact) mass is 322 g/mol. The van der Waals surface area contributed by atoms with Crippen molar-refractivity contribution in [3.8, 4) is 11.3 Å². The molecule has 0 aliphatic carbocycles. The summed E-state index contributed by atoms with van der Waals surface area (Å²) in [4.78, 5) is 17.0. The first-order valence-electron chi connectivity index (χ1n) is 7.40. The molecule has 0 fully saturated rings. The normalized spacial score (nSPS) is 11.3. The number of aromatic carboxylic acids is 1. The van der Waals surface area contributed by atoms with Crippen molar-refractivity contribution >= 4 is 33.0 Å². The molecule has 0 aliphatic rings. The largest absolute Gasteiger partial charge is 0.477 e. The highest BCUT2D eigenvalue weighted by Crippen LogP contribution is 2.29. The van der Waals surface area contributed by atoms with Gasteiger partial charge in [0.05, 0.1) is 5.69 Å². The fourth-order valence-corrected chi connectivity index (χ4v) is 3.91. The van der Waals surface area contributed by atoms with Crippen LogP contribution in [0.1, 0.15) is 22.3 Å². The van der Waals surface area contributed by atoms with Gasteiger partial charge in [-0.05, 0) is 23.3 Å². The fraction of sp³-hybridized carbons (Fsp3) is 0.111. The Balaban J connectivity index is 1.88. The lowest BCUT2D eigenvalue weighted by Gasteiger charge is -2.01. The van der Waals surface area contributed by atoms with Crippen molar-refractivity contribution in [2.24, 2.45) is 0 Å². The van der Waals surface area contributed by atoms with Crippen LogP contribution in [0, 0.1) is 0 Å². The van der Waals surface area contributed by atoms with Crippen LogP contribution in [-0.2, 0) is 6.42 Å². The Kier molecular flexibility index (Phi) is 3.16. The van der Waals surface area contributed by atoms with Gasteiger partial charge in [-0.1, -0.05) is 54.7 Å². The molecule has 2 heterocycles. The van der Waals surface area contributed by atoms with E-state index in [0.717, 1.165) is 21.9 Å². The number of nitrogens with zero attached hydrogens (tertiary/aromatic N) is 2. The van der Waals surface area contributed by atoms with Gasteiger partial charge in [-0.2, -0.15) is 0 Å². The molecule has 0 aliphatic heterocycles. The Hall–Kier alpha value is -2.66. The van der Waals surface area contributed by atoms with E-state index in [2.05, 4.69) is 35.3 Å². The van der Waals surface area contributed by atoms with Crippen LogP contribution in [0.4, 0.5) is 0 Å². The van der Waals surface area contributed by atoms with Gasteiger partial charge in [-0.15, -0.1) is 0 Å². The maximum absolute atomic E-state index is 11.3. The summed E-state index contributed by atoms with van der Waals surface area (Å²) in [5.74, 6) is -0.885. The van der Waals surface area contributed by atoms with Crippen LogP contribution < -0.4 is 0 Å². The SMILES string of the molecule is CCc1c(C(=O)O)sc2nc(-c3ccc4ccccc4c3)cn12. The minimum Gasteiger partial charge on any atom is -0.477 e. The smallest absolute Gasteiger partial charge is 0.347 e. The standard InChI is InChI=1S/C18H14N2O2S/c1-2-15-16(17(21)22)23-18-19-14(10-20(15)18)13-8-7-11-5-3-4-6-12(11)9-13/h3-10H,2H2,1H3,(H,21,22). The van der Waals surface area contributed by atoms with E-state index >= 15 is 0 Å². The van der Waals surface area contributed by atoms with Crippen molar-refractivity contribution < 1.29 is 9.90 Å². The van der Waals surface area contributed by atoms with Gasteiger partial charge < -0.3 is 5.11 Å². The summed E-state index contributed by atoms with van der Waals surface area (Å²) >= 11 is 1.23. The van der Waals surface area contributed by atoms with Crippen molar-refractivity contribution in [1.82, 2.24) is 9.38 Å². The van der Waals surface area contributed by atoms with Crippen molar-refractivity contribution in [3.63, 3.8) is 0 Å². The van der Waals surface area contributed by atoms with E-state index in [1.807, 2.05) is 29.7 Å². The number of rotatable bonds is 3. The number of benzene rings is 2. The van der Waals surface area contributed by atoms with Gasteiger partial charge in [-0.3, -0.25) is 4.40 Å². The molecule has 0 bridgehead atoms. The van der Waals surface area contributed by atoms with Crippen LogP contribution in [0.5, 0.6) is 0 Å². The van der Waals surface area contributed by atoms with Crippen LogP contribution in [0.3, 0.4) is 0 Å². The zero-order valence-electron chi connectivity index (χ0n) is 12.5. The summed E-state index contributed by atoms with van der Waals surface area (Å²) in [6.07, 6.45) is 2.59. The first-order chi connectivity index (χ1) is 11.2. The molecule has 0 saturated heterocycles. The van der Waals surface area contributed by atoms with Crippen molar-refractivity contribution in [3.05, 3.63) is 59.2 Å². The number of carboxylic acids is 1. The number of thiazole rings is 1. The van der Waals surface area contributed by atoms with E-state index in [1.54, 1.807) is 0 Å². The van der Waals surface area contributed by atoms with Gasteiger partial charge in [-0.25, -0.2) is 9.78 Å². The quantitative estimate of drug-likeness (QED) is 0.605. The molecule has 23 heavy (non-hydrogen) atoms. The Morgan fingerprint density at radius 1 is 1.22 bits per heavy atom. The van der Waals surface area contributed by atoms with Crippen LogP contribution in [-0.4, -0.2) is 20.5 Å². The summed E-state index contributed by atoms with van der Waals surface area (Å²) in [5, 5.41) is 11.7. The molecule has 0 atom stereocenters. The Morgan fingerprint density at radius 3 is 2.74 bits per heavy atom. The van der Waals surface area contributed by atoms with Crippen molar-refractivity contribution in [2.45, 2.75) is 13.3 Å². The second-order valence-corrected chi connectivity index (χ2v) is 6.35. The van der Waals surface area contributed by atoms with Crippen molar-refractivity contribution in [2.75, 3.05) is 0 Å². The van der Waals surface area contributed by atoms with Crippen LogP contribution in [0.25, 0.3) is 27.0 Å². The average Bonchev–Trinajstić information content (AvgIpc) is 3.11. The first-order valence-corrected chi connectivity index (χ1v) is 8.22. The number of carboxylic acid groups (broad SMARTS) is 1.